The number of amides is 1. The fraction of sp³-hybridized carbons (Fsp3) is 0.174. The van der Waals surface area contributed by atoms with Crippen molar-refractivity contribution in [2.45, 2.75) is 20.0 Å². The van der Waals surface area contributed by atoms with E-state index in [4.69, 9.17) is 0 Å². The van der Waals surface area contributed by atoms with Crippen molar-refractivity contribution in [3.63, 3.8) is 0 Å². The summed E-state index contributed by atoms with van der Waals surface area (Å²) in [6, 6.07) is 18.8. The Balaban J connectivity index is 1.66. The molecule has 2 aromatic carbocycles. The van der Waals surface area contributed by atoms with Gasteiger partial charge < -0.3 is 5.32 Å². The lowest BCUT2D eigenvalue weighted by atomic mass is 10.1. The van der Waals surface area contributed by atoms with Crippen LogP contribution in [0.1, 0.15) is 26.4 Å². The Morgan fingerprint density at radius 2 is 1.73 bits per heavy atom. The third-order valence-corrected chi connectivity index (χ3v) is 6.16. The van der Waals surface area contributed by atoms with Gasteiger partial charge in [-0.2, -0.15) is 0 Å². The molecule has 0 atom stereocenters. The number of thiophene rings is 1. The van der Waals surface area contributed by atoms with Crippen molar-refractivity contribution < 1.29 is 4.79 Å². The molecule has 0 aliphatic carbocycles. The molecule has 6 nitrogen and oxygen atoms in total. The zero-order valence-corrected chi connectivity index (χ0v) is 17.5. The lowest BCUT2D eigenvalue weighted by molar-refractivity contribution is 0.0955. The van der Waals surface area contributed by atoms with Crippen LogP contribution in [0, 0.1) is 6.92 Å². The van der Waals surface area contributed by atoms with Crippen molar-refractivity contribution in [1.29, 1.82) is 0 Å². The number of rotatable bonds is 5. The lowest BCUT2D eigenvalue weighted by Crippen LogP contribution is -2.38. The van der Waals surface area contributed by atoms with Crippen LogP contribution in [-0.4, -0.2) is 15.0 Å². The number of aromatic nitrogens is 2. The highest BCUT2D eigenvalue weighted by atomic mass is 32.1. The van der Waals surface area contributed by atoms with Crippen LogP contribution in [0.2, 0.25) is 0 Å². The molecule has 0 saturated heterocycles. The predicted octanol–water partition coefficient (Wildman–Crippen LogP) is 3.05. The van der Waals surface area contributed by atoms with Crippen LogP contribution < -0.4 is 16.6 Å². The van der Waals surface area contributed by atoms with E-state index in [9.17, 15) is 14.4 Å². The molecule has 0 unspecified atom stereocenters. The lowest BCUT2D eigenvalue weighted by Gasteiger charge is -2.08. The maximum absolute atomic E-state index is 13.0. The summed E-state index contributed by atoms with van der Waals surface area (Å²) in [4.78, 5) is 39.3. The quantitative estimate of drug-likeness (QED) is 0.540. The zero-order chi connectivity index (χ0) is 21.3. The van der Waals surface area contributed by atoms with E-state index in [1.54, 1.807) is 13.1 Å². The molecular formula is C23H21N3O3S. The van der Waals surface area contributed by atoms with Crippen LogP contribution >= 0.6 is 11.3 Å². The third-order valence-electron chi connectivity index (χ3n) is 4.95. The van der Waals surface area contributed by atoms with Crippen LogP contribution in [0.5, 0.6) is 0 Å². The topological polar surface area (TPSA) is 73.1 Å². The van der Waals surface area contributed by atoms with Crippen LogP contribution in [-0.2, 0) is 20.1 Å². The normalized spacial score (nSPS) is 11.0. The number of fused-ring (bicyclic) bond motifs is 1. The average Bonchev–Trinajstić information content (AvgIpc) is 3.20. The smallest absolute Gasteiger partial charge is 0.332 e. The molecule has 4 rings (SSSR count). The Morgan fingerprint density at radius 1 is 1.00 bits per heavy atom. The molecule has 1 amide bonds. The van der Waals surface area contributed by atoms with Crippen LogP contribution in [0.4, 0.5) is 0 Å². The highest BCUT2D eigenvalue weighted by molar-refractivity contribution is 7.20. The Labute approximate surface area is 177 Å². The monoisotopic (exact) mass is 419 g/mol. The summed E-state index contributed by atoms with van der Waals surface area (Å²) in [6.45, 7) is 2.58. The molecule has 30 heavy (non-hydrogen) atoms. The van der Waals surface area contributed by atoms with Gasteiger partial charge in [0.1, 0.15) is 4.83 Å². The summed E-state index contributed by atoms with van der Waals surface area (Å²) in [5.74, 6) is -0.265. The Bertz CT molecular complexity index is 1350. The van der Waals surface area contributed by atoms with Crippen molar-refractivity contribution in [2.24, 2.45) is 7.05 Å². The van der Waals surface area contributed by atoms with Gasteiger partial charge >= 0.3 is 5.69 Å². The van der Waals surface area contributed by atoms with Gasteiger partial charge in [0.2, 0.25) is 0 Å². The summed E-state index contributed by atoms with van der Waals surface area (Å²) >= 11 is 1.15. The van der Waals surface area contributed by atoms with E-state index >= 15 is 0 Å². The number of benzene rings is 2. The zero-order valence-electron chi connectivity index (χ0n) is 16.7. The Hall–Kier alpha value is -3.45. The number of hydrogen-bond acceptors (Lipinski definition) is 4. The molecule has 0 bridgehead atoms. The minimum absolute atomic E-state index is 0.188. The number of nitrogens with one attached hydrogen (secondary N) is 1. The van der Waals surface area contributed by atoms with Gasteiger partial charge in [0, 0.05) is 13.6 Å². The summed E-state index contributed by atoms with van der Waals surface area (Å²) in [7, 11) is 1.62. The van der Waals surface area contributed by atoms with Gasteiger partial charge in [-0.1, -0.05) is 60.2 Å². The maximum Gasteiger partial charge on any atom is 0.332 e. The molecule has 7 heteroatoms. The van der Waals surface area contributed by atoms with E-state index < -0.39 is 5.69 Å². The minimum Gasteiger partial charge on any atom is -0.347 e. The van der Waals surface area contributed by atoms with Gasteiger partial charge in [0.05, 0.1) is 16.8 Å². The largest absolute Gasteiger partial charge is 0.347 e. The van der Waals surface area contributed by atoms with Crippen molar-refractivity contribution in [2.75, 3.05) is 0 Å². The second kappa shape index (κ2) is 8.12. The summed E-state index contributed by atoms with van der Waals surface area (Å²) < 4.78 is 2.64. The molecular weight excluding hydrogens is 398 g/mol. The van der Waals surface area contributed by atoms with E-state index in [0.29, 0.717) is 21.6 Å². The van der Waals surface area contributed by atoms with E-state index in [1.165, 1.54) is 9.13 Å². The predicted molar refractivity (Wildman–Crippen MR) is 119 cm³/mol. The molecule has 0 aliphatic heterocycles. The van der Waals surface area contributed by atoms with Crippen LogP contribution in [0.25, 0.3) is 10.2 Å². The molecule has 0 saturated carbocycles. The number of carbonyl (C=O) groups excluding carboxylic acids is 1. The standard InChI is InChI=1S/C23H21N3O3S/c1-15-7-6-10-17(11-15)13-24-20(27)19-12-18-21(28)26(14-16-8-4-3-5-9-16)23(29)25(2)22(18)30-19/h3-12H,13-14H2,1-2H3,(H,24,27). The fourth-order valence-electron chi connectivity index (χ4n) is 3.39. The summed E-state index contributed by atoms with van der Waals surface area (Å²) in [5, 5.41) is 3.26. The maximum atomic E-state index is 13.0. The summed E-state index contributed by atoms with van der Waals surface area (Å²) in [5.41, 5.74) is 2.21. The molecule has 0 radical (unpaired) electrons. The van der Waals surface area contributed by atoms with E-state index in [-0.39, 0.29) is 18.0 Å². The van der Waals surface area contributed by atoms with Gasteiger partial charge in [-0.05, 0) is 24.1 Å². The van der Waals surface area contributed by atoms with E-state index in [2.05, 4.69) is 5.32 Å². The number of hydrogen-bond donors (Lipinski definition) is 1. The van der Waals surface area contributed by atoms with Crippen molar-refractivity contribution in [1.82, 2.24) is 14.5 Å². The third kappa shape index (κ3) is 3.84. The van der Waals surface area contributed by atoms with Crippen LogP contribution in [0.15, 0.2) is 70.3 Å². The molecule has 4 aromatic rings. The number of nitrogens with zero attached hydrogens (tertiary/aromatic N) is 2. The van der Waals surface area contributed by atoms with Crippen LogP contribution in [0.3, 0.4) is 0 Å². The first-order chi connectivity index (χ1) is 14.4. The first-order valence-corrected chi connectivity index (χ1v) is 10.4. The highest BCUT2D eigenvalue weighted by Crippen LogP contribution is 2.22. The minimum atomic E-state index is -0.398. The molecule has 2 heterocycles. The first kappa shape index (κ1) is 19.8. The molecule has 1 N–H and O–H groups in total. The second-order valence-electron chi connectivity index (χ2n) is 7.22. The van der Waals surface area contributed by atoms with Gasteiger partial charge in [-0.3, -0.25) is 18.7 Å². The molecule has 2 aromatic heterocycles. The molecule has 0 fully saturated rings. The van der Waals surface area contributed by atoms with Gasteiger partial charge in [-0.25, -0.2) is 4.79 Å². The molecule has 0 spiro atoms. The first-order valence-electron chi connectivity index (χ1n) is 9.55. The van der Waals surface area contributed by atoms with Gasteiger partial charge in [0.15, 0.2) is 0 Å². The van der Waals surface area contributed by atoms with E-state index in [0.717, 1.165) is 28.0 Å². The number of carbonyl (C=O) groups is 1. The SMILES string of the molecule is Cc1cccc(CNC(=O)c2cc3c(=O)n(Cc4ccccc4)c(=O)n(C)c3s2)c1. The van der Waals surface area contributed by atoms with Crippen molar-refractivity contribution in [3.05, 3.63) is 103 Å². The van der Waals surface area contributed by atoms with Crippen molar-refractivity contribution in [3.8, 4) is 0 Å². The second-order valence-corrected chi connectivity index (χ2v) is 8.25. The fourth-order valence-corrected chi connectivity index (χ4v) is 4.41. The molecule has 152 valence electrons. The van der Waals surface area contributed by atoms with Crippen molar-refractivity contribution >= 4 is 27.5 Å². The van der Waals surface area contributed by atoms with Gasteiger partial charge in [-0.15, -0.1) is 11.3 Å². The highest BCUT2D eigenvalue weighted by Gasteiger charge is 2.18. The van der Waals surface area contributed by atoms with Gasteiger partial charge in [0.25, 0.3) is 11.5 Å². The number of aryl methyl sites for hydroxylation is 2. The molecule has 0 aliphatic rings. The Kier molecular flexibility index (Phi) is 5.37. The summed E-state index contributed by atoms with van der Waals surface area (Å²) in [6.07, 6.45) is 0. The Morgan fingerprint density at radius 3 is 2.47 bits per heavy atom. The van der Waals surface area contributed by atoms with E-state index in [1.807, 2.05) is 61.5 Å². The average molecular weight is 420 g/mol.